The molecule has 2 aliphatic rings. The predicted molar refractivity (Wildman–Crippen MR) is 196 cm³/mol. The molecule has 3 nitrogen and oxygen atoms in total. The van der Waals surface area contributed by atoms with Crippen LogP contribution in [0.15, 0.2) is 152 Å². The van der Waals surface area contributed by atoms with E-state index in [-0.39, 0.29) is 5.41 Å². The van der Waals surface area contributed by atoms with Crippen molar-refractivity contribution in [3.8, 4) is 67.5 Å². The standard InChI is InChI=1S/C45H35N3/c1-4-16-31(17-5-1)33-20-14-21-34(30-33)43-46-42(32-18-6-2-7-19-32)47-44(48-43)37-23-9-8-22-35(37)36-25-15-27-40-41(36)38-24-10-11-26-39(38)45(40)28-12-3-13-29-45/h1-2,4-11,14-27,30H,3,12-13,28-29H2. The summed E-state index contributed by atoms with van der Waals surface area (Å²) < 4.78 is 0. The molecule has 0 N–H and O–H groups in total. The summed E-state index contributed by atoms with van der Waals surface area (Å²) in [7, 11) is 0. The van der Waals surface area contributed by atoms with Crippen molar-refractivity contribution in [3.05, 3.63) is 163 Å². The molecule has 230 valence electrons. The first kappa shape index (κ1) is 28.5. The molecular formula is C45H35N3. The molecule has 2 aliphatic carbocycles. The largest absolute Gasteiger partial charge is 0.208 e. The average Bonchev–Trinajstić information content (AvgIpc) is 3.44. The number of nitrogens with zero attached hydrogens (tertiary/aromatic N) is 3. The van der Waals surface area contributed by atoms with Gasteiger partial charge in [-0.3, -0.25) is 0 Å². The van der Waals surface area contributed by atoms with Gasteiger partial charge in [-0.25, -0.2) is 15.0 Å². The van der Waals surface area contributed by atoms with Crippen molar-refractivity contribution in [1.82, 2.24) is 15.0 Å². The summed E-state index contributed by atoms with van der Waals surface area (Å²) in [4.78, 5) is 15.4. The lowest BCUT2D eigenvalue weighted by Crippen LogP contribution is -2.27. The third-order valence-corrected chi connectivity index (χ3v) is 10.4. The van der Waals surface area contributed by atoms with Crippen LogP contribution < -0.4 is 0 Å². The highest BCUT2D eigenvalue weighted by Crippen LogP contribution is 2.58. The van der Waals surface area contributed by atoms with E-state index in [1.807, 2.05) is 24.3 Å². The summed E-state index contributed by atoms with van der Waals surface area (Å²) in [5, 5.41) is 0. The van der Waals surface area contributed by atoms with E-state index in [1.165, 1.54) is 59.9 Å². The van der Waals surface area contributed by atoms with Crippen LogP contribution in [-0.4, -0.2) is 15.0 Å². The van der Waals surface area contributed by atoms with E-state index < -0.39 is 0 Å². The van der Waals surface area contributed by atoms with Gasteiger partial charge in [0.25, 0.3) is 0 Å². The third kappa shape index (κ3) is 4.77. The minimum absolute atomic E-state index is 0.0969. The topological polar surface area (TPSA) is 38.7 Å². The highest BCUT2D eigenvalue weighted by molar-refractivity contribution is 5.96. The molecule has 48 heavy (non-hydrogen) atoms. The fourth-order valence-corrected chi connectivity index (χ4v) is 8.15. The van der Waals surface area contributed by atoms with Crippen molar-refractivity contribution in [2.75, 3.05) is 0 Å². The SMILES string of the molecule is c1ccc(-c2cccc(-c3nc(-c4ccccc4)nc(-c4ccccc4-c4cccc5c4-c4ccccc4C54CCCCC4)n3)c2)cc1. The molecule has 0 saturated heterocycles. The number of rotatable bonds is 5. The molecule has 3 heteroatoms. The van der Waals surface area contributed by atoms with Crippen LogP contribution in [-0.2, 0) is 5.41 Å². The highest BCUT2D eigenvalue weighted by Gasteiger charge is 2.44. The Labute approximate surface area is 282 Å². The first-order chi connectivity index (χ1) is 23.8. The zero-order valence-electron chi connectivity index (χ0n) is 26.8. The van der Waals surface area contributed by atoms with Crippen LogP contribution in [0.5, 0.6) is 0 Å². The molecule has 0 radical (unpaired) electrons. The molecule has 1 spiro atoms. The number of benzene rings is 6. The van der Waals surface area contributed by atoms with Gasteiger partial charge >= 0.3 is 0 Å². The second-order valence-corrected chi connectivity index (χ2v) is 13.1. The van der Waals surface area contributed by atoms with Gasteiger partial charge < -0.3 is 0 Å². The van der Waals surface area contributed by atoms with Crippen LogP contribution in [0, 0.1) is 0 Å². The number of aromatic nitrogens is 3. The summed E-state index contributed by atoms with van der Waals surface area (Å²) in [6.45, 7) is 0. The third-order valence-electron chi connectivity index (χ3n) is 10.4. The zero-order valence-corrected chi connectivity index (χ0v) is 26.8. The predicted octanol–water partition coefficient (Wildman–Crippen LogP) is 11.4. The van der Waals surface area contributed by atoms with Gasteiger partial charge in [-0.05, 0) is 63.4 Å². The molecular weight excluding hydrogens is 583 g/mol. The summed E-state index contributed by atoms with van der Waals surface area (Å²) >= 11 is 0. The Morgan fingerprint density at radius 1 is 0.354 bits per heavy atom. The van der Waals surface area contributed by atoms with Gasteiger partial charge in [0.2, 0.25) is 0 Å². The normalized spacial score (nSPS) is 14.4. The zero-order chi connectivity index (χ0) is 31.9. The first-order valence-corrected chi connectivity index (χ1v) is 17.1. The van der Waals surface area contributed by atoms with Gasteiger partial charge in [0.05, 0.1) is 0 Å². The molecule has 1 aromatic heterocycles. The summed E-state index contributed by atoms with van der Waals surface area (Å²) in [6, 6.07) is 53.9. The van der Waals surface area contributed by atoms with Gasteiger partial charge in [-0.15, -0.1) is 0 Å². The number of hydrogen-bond donors (Lipinski definition) is 0. The Hall–Kier alpha value is -5.67. The van der Waals surface area contributed by atoms with Gasteiger partial charge in [-0.2, -0.15) is 0 Å². The van der Waals surface area contributed by atoms with Crippen molar-refractivity contribution in [2.45, 2.75) is 37.5 Å². The van der Waals surface area contributed by atoms with E-state index >= 15 is 0 Å². The average molecular weight is 618 g/mol. The smallest absolute Gasteiger partial charge is 0.164 e. The van der Waals surface area contributed by atoms with Crippen molar-refractivity contribution in [3.63, 3.8) is 0 Å². The quantitative estimate of drug-likeness (QED) is 0.193. The fraction of sp³-hybridized carbons (Fsp3) is 0.133. The van der Waals surface area contributed by atoms with Gasteiger partial charge in [0.1, 0.15) is 0 Å². The summed E-state index contributed by atoms with van der Waals surface area (Å²) in [5.41, 5.74) is 13.4. The molecule has 0 unspecified atom stereocenters. The minimum atomic E-state index is 0.0969. The molecule has 0 aliphatic heterocycles. The molecule has 0 bridgehead atoms. The van der Waals surface area contributed by atoms with E-state index in [4.69, 9.17) is 15.0 Å². The van der Waals surface area contributed by atoms with Crippen molar-refractivity contribution < 1.29 is 0 Å². The lowest BCUT2D eigenvalue weighted by atomic mass is 9.67. The van der Waals surface area contributed by atoms with Crippen LogP contribution in [0.2, 0.25) is 0 Å². The fourth-order valence-electron chi connectivity index (χ4n) is 8.15. The Morgan fingerprint density at radius 3 is 1.65 bits per heavy atom. The summed E-state index contributed by atoms with van der Waals surface area (Å²) in [6.07, 6.45) is 6.29. The van der Waals surface area contributed by atoms with Crippen LogP contribution in [0.25, 0.3) is 67.5 Å². The minimum Gasteiger partial charge on any atom is -0.208 e. The molecule has 1 saturated carbocycles. The molecule has 0 amide bonds. The highest BCUT2D eigenvalue weighted by atomic mass is 15.0. The van der Waals surface area contributed by atoms with E-state index in [9.17, 15) is 0 Å². The van der Waals surface area contributed by atoms with Crippen molar-refractivity contribution in [1.29, 1.82) is 0 Å². The molecule has 9 rings (SSSR count). The molecule has 1 heterocycles. The van der Waals surface area contributed by atoms with Gasteiger partial charge in [0, 0.05) is 22.1 Å². The molecule has 0 atom stereocenters. The lowest BCUT2D eigenvalue weighted by molar-refractivity contribution is 0.353. The second kappa shape index (κ2) is 11.8. The molecule has 7 aromatic rings. The number of hydrogen-bond acceptors (Lipinski definition) is 3. The lowest BCUT2D eigenvalue weighted by Gasteiger charge is -2.36. The van der Waals surface area contributed by atoms with Gasteiger partial charge in [-0.1, -0.05) is 165 Å². The number of fused-ring (bicyclic) bond motifs is 5. The first-order valence-electron chi connectivity index (χ1n) is 17.1. The van der Waals surface area contributed by atoms with Crippen LogP contribution in [0.4, 0.5) is 0 Å². The van der Waals surface area contributed by atoms with E-state index in [0.29, 0.717) is 17.5 Å². The van der Waals surface area contributed by atoms with E-state index in [1.54, 1.807) is 0 Å². The van der Waals surface area contributed by atoms with Crippen LogP contribution in [0.1, 0.15) is 43.2 Å². The van der Waals surface area contributed by atoms with Crippen LogP contribution in [0.3, 0.4) is 0 Å². The maximum absolute atomic E-state index is 5.22. The van der Waals surface area contributed by atoms with Gasteiger partial charge in [0.15, 0.2) is 17.5 Å². The monoisotopic (exact) mass is 617 g/mol. The van der Waals surface area contributed by atoms with Crippen LogP contribution >= 0.6 is 0 Å². The van der Waals surface area contributed by atoms with E-state index in [0.717, 1.165) is 33.4 Å². The molecule has 6 aromatic carbocycles. The maximum Gasteiger partial charge on any atom is 0.164 e. The second-order valence-electron chi connectivity index (χ2n) is 13.1. The summed E-state index contributed by atoms with van der Waals surface area (Å²) in [5.74, 6) is 2.01. The Balaban J connectivity index is 1.24. The van der Waals surface area contributed by atoms with E-state index in [2.05, 4.69) is 127 Å². The van der Waals surface area contributed by atoms with Crippen molar-refractivity contribution >= 4 is 0 Å². The molecule has 1 fully saturated rings. The Bertz CT molecular complexity index is 2270. The maximum atomic E-state index is 5.22. The Morgan fingerprint density at radius 2 is 0.875 bits per heavy atom. The Kier molecular flexibility index (Phi) is 7.04. The van der Waals surface area contributed by atoms with Crippen molar-refractivity contribution in [2.24, 2.45) is 0 Å².